The number of rotatable bonds is 5. The summed E-state index contributed by atoms with van der Waals surface area (Å²) in [5.74, 6) is 0.683. The highest BCUT2D eigenvalue weighted by Gasteiger charge is 2.15. The summed E-state index contributed by atoms with van der Waals surface area (Å²) in [6.07, 6.45) is 0. The van der Waals surface area contributed by atoms with E-state index in [-0.39, 0.29) is 18.3 Å². The van der Waals surface area contributed by atoms with Crippen LogP contribution in [-0.2, 0) is 11.3 Å². The molecular formula is C17H16ClFN2O3. The van der Waals surface area contributed by atoms with Crippen LogP contribution in [-0.4, -0.2) is 25.7 Å². The predicted octanol–water partition coefficient (Wildman–Crippen LogP) is 2.98. The van der Waals surface area contributed by atoms with Gasteiger partial charge in [0.15, 0.2) is 11.5 Å². The molecule has 5 nitrogen and oxygen atoms in total. The third kappa shape index (κ3) is 4.08. The van der Waals surface area contributed by atoms with E-state index in [1.807, 2.05) is 0 Å². The maximum atomic E-state index is 12.8. The van der Waals surface area contributed by atoms with Gasteiger partial charge in [-0.25, -0.2) is 4.39 Å². The van der Waals surface area contributed by atoms with Crippen molar-refractivity contribution in [1.29, 1.82) is 0 Å². The molecule has 1 heterocycles. The molecule has 2 N–H and O–H groups in total. The number of carbonyl (C=O) groups excluding carboxylic acids is 1. The Kier molecular flexibility index (Phi) is 5.05. The van der Waals surface area contributed by atoms with Crippen molar-refractivity contribution in [2.75, 3.05) is 25.1 Å². The summed E-state index contributed by atoms with van der Waals surface area (Å²) in [7, 11) is 0. The van der Waals surface area contributed by atoms with Gasteiger partial charge < -0.3 is 20.1 Å². The fraction of sp³-hybridized carbons (Fsp3) is 0.235. The number of hydrogen-bond acceptors (Lipinski definition) is 4. The number of halogens is 2. The van der Waals surface area contributed by atoms with Gasteiger partial charge in [-0.15, -0.1) is 0 Å². The molecule has 7 heteroatoms. The fourth-order valence-corrected chi connectivity index (χ4v) is 2.46. The van der Waals surface area contributed by atoms with Crippen LogP contribution in [0.2, 0.25) is 5.02 Å². The van der Waals surface area contributed by atoms with E-state index in [1.54, 1.807) is 24.3 Å². The second kappa shape index (κ2) is 7.40. The molecule has 0 bridgehead atoms. The van der Waals surface area contributed by atoms with Crippen LogP contribution in [0.3, 0.4) is 0 Å². The van der Waals surface area contributed by atoms with Crippen molar-refractivity contribution >= 4 is 23.2 Å². The van der Waals surface area contributed by atoms with E-state index in [9.17, 15) is 9.18 Å². The fourth-order valence-electron chi connectivity index (χ4n) is 2.24. The van der Waals surface area contributed by atoms with E-state index in [2.05, 4.69) is 10.6 Å². The largest absolute Gasteiger partial charge is 0.486 e. The molecule has 0 saturated heterocycles. The smallest absolute Gasteiger partial charge is 0.239 e. The van der Waals surface area contributed by atoms with Gasteiger partial charge in [-0.3, -0.25) is 4.79 Å². The summed E-state index contributed by atoms with van der Waals surface area (Å²) in [5.41, 5.74) is 1.42. The first-order valence-corrected chi connectivity index (χ1v) is 7.84. The first kappa shape index (κ1) is 16.4. The molecule has 1 aliphatic heterocycles. The van der Waals surface area contributed by atoms with Crippen molar-refractivity contribution in [1.82, 2.24) is 5.32 Å². The Morgan fingerprint density at radius 1 is 1.12 bits per heavy atom. The lowest BCUT2D eigenvalue weighted by atomic mass is 10.2. The van der Waals surface area contributed by atoms with Gasteiger partial charge in [0.05, 0.1) is 17.3 Å². The molecule has 0 aromatic heterocycles. The van der Waals surface area contributed by atoms with Crippen LogP contribution in [0.5, 0.6) is 11.5 Å². The Hall–Kier alpha value is -2.47. The molecule has 1 amide bonds. The van der Waals surface area contributed by atoms with Crippen molar-refractivity contribution < 1.29 is 18.7 Å². The Morgan fingerprint density at radius 2 is 1.79 bits per heavy atom. The van der Waals surface area contributed by atoms with Gasteiger partial charge in [-0.2, -0.15) is 0 Å². The third-order valence-electron chi connectivity index (χ3n) is 3.47. The van der Waals surface area contributed by atoms with Crippen molar-refractivity contribution in [3.05, 3.63) is 52.8 Å². The number of amides is 1. The number of ether oxygens (including phenoxy) is 2. The highest BCUT2D eigenvalue weighted by atomic mass is 35.5. The maximum Gasteiger partial charge on any atom is 0.239 e. The molecule has 126 valence electrons. The molecule has 3 rings (SSSR count). The molecule has 0 radical (unpaired) electrons. The zero-order valence-electron chi connectivity index (χ0n) is 12.8. The molecule has 1 aliphatic rings. The van der Waals surface area contributed by atoms with Crippen LogP contribution in [0.25, 0.3) is 0 Å². The second-order valence-electron chi connectivity index (χ2n) is 5.23. The van der Waals surface area contributed by atoms with E-state index in [0.29, 0.717) is 42.0 Å². The molecule has 24 heavy (non-hydrogen) atoms. The first-order valence-electron chi connectivity index (χ1n) is 7.46. The monoisotopic (exact) mass is 350 g/mol. The number of hydrogen-bond donors (Lipinski definition) is 2. The topological polar surface area (TPSA) is 59.6 Å². The summed E-state index contributed by atoms with van der Waals surface area (Å²) in [6, 6.07) is 9.34. The summed E-state index contributed by atoms with van der Waals surface area (Å²) in [6.45, 7) is 1.35. The molecule has 0 spiro atoms. The van der Waals surface area contributed by atoms with Crippen LogP contribution >= 0.6 is 11.6 Å². The van der Waals surface area contributed by atoms with E-state index in [4.69, 9.17) is 21.1 Å². The van der Waals surface area contributed by atoms with Crippen molar-refractivity contribution in [2.45, 2.75) is 6.54 Å². The number of fused-ring (bicyclic) bond motifs is 1. The zero-order chi connectivity index (χ0) is 16.9. The lowest BCUT2D eigenvalue weighted by Gasteiger charge is -2.20. The highest BCUT2D eigenvalue weighted by molar-refractivity contribution is 6.33. The Balaban J connectivity index is 1.53. The molecule has 0 atom stereocenters. The van der Waals surface area contributed by atoms with Crippen LogP contribution < -0.4 is 20.1 Å². The number of nitrogens with one attached hydrogen (secondary N) is 2. The quantitative estimate of drug-likeness (QED) is 0.870. The lowest BCUT2D eigenvalue weighted by Crippen LogP contribution is -2.29. The van der Waals surface area contributed by atoms with Crippen LogP contribution in [0.15, 0.2) is 36.4 Å². The molecule has 0 saturated carbocycles. The van der Waals surface area contributed by atoms with Gasteiger partial charge in [0.2, 0.25) is 5.91 Å². The van der Waals surface area contributed by atoms with Gasteiger partial charge in [0, 0.05) is 18.7 Å². The summed E-state index contributed by atoms with van der Waals surface area (Å²) >= 11 is 6.17. The zero-order valence-corrected chi connectivity index (χ0v) is 13.5. The second-order valence-corrected chi connectivity index (χ2v) is 5.64. The van der Waals surface area contributed by atoms with Gasteiger partial charge in [0.25, 0.3) is 0 Å². The minimum absolute atomic E-state index is 0.0561. The Labute approximate surface area is 143 Å². The molecule has 2 aromatic carbocycles. The number of benzene rings is 2. The average molecular weight is 351 g/mol. The van der Waals surface area contributed by atoms with Gasteiger partial charge in [-0.1, -0.05) is 23.7 Å². The Bertz CT molecular complexity index is 737. The van der Waals surface area contributed by atoms with Gasteiger partial charge in [-0.05, 0) is 17.7 Å². The van der Waals surface area contributed by atoms with Gasteiger partial charge in [0.1, 0.15) is 19.0 Å². The van der Waals surface area contributed by atoms with Crippen molar-refractivity contribution in [2.24, 2.45) is 0 Å². The summed E-state index contributed by atoms with van der Waals surface area (Å²) in [4.78, 5) is 11.9. The molecule has 0 aliphatic carbocycles. The van der Waals surface area contributed by atoms with Crippen LogP contribution in [0, 0.1) is 5.82 Å². The first-order chi connectivity index (χ1) is 11.6. The molecular weight excluding hydrogens is 335 g/mol. The minimum Gasteiger partial charge on any atom is -0.486 e. The summed E-state index contributed by atoms with van der Waals surface area (Å²) in [5, 5.41) is 6.17. The van der Waals surface area contributed by atoms with Crippen LogP contribution in [0.4, 0.5) is 10.1 Å². The minimum atomic E-state index is -0.306. The lowest BCUT2D eigenvalue weighted by molar-refractivity contribution is -0.119. The Morgan fingerprint density at radius 3 is 2.50 bits per heavy atom. The maximum absolute atomic E-state index is 12.8. The van der Waals surface area contributed by atoms with Crippen molar-refractivity contribution in [3.63, 3.8) is 0 Å². The third-order valence-corrected chi connectivity index (χ3v) is 3.79. The van der Waals surface area contributed by atoms with E-state index >= 15 is 0 Å². The molecule has 0 fully saturated rings. The van der Waals surface area contributed by atoms with E-state index < -0.39 is 0 Å². The normalized spacial score (nSPS) is 12.6. The molecule has 0 unspecified atom stereocenters. The standard InChI is InChI=1S/C17H16ClFN2O3/c18-13-7-15-16(24-6-5-23-15)8-14(13)20-10-17(22)21-9-11-1-3-12(19)4-2-11/h1-4,7-8,20H,5-6,9-10H2,(H,21,22). The number of carbonyl (C=O) groups is 1. The van der Waals surface area contributed by atoms with Crippen molar-refractivity contribution in [3.8, 4) is 11.5 Å². The van der Waals surface area contributed by atoms with E-state index in [1.165, 1.54) is 12.1 Å². The summed E-state index contributed by atoms with van der Waals surface area (Å²) < 4.78 is 23.7. The SMILES string of the molecule is O=C(CNc1cc2c(cc1Cl)OCCO2)NCc1ccc(F)cc1. The van der Waals surface area contributed by atoms with Crippen LogP contribution in [0.1, 0.15) is 5.56 Å². The molecule has 2 aromatic rings. The van der Waals surface area contributed by atoms with E-state index in [0.717, 1.165) is 5.56 Å². The van der Waals surface area contributed by atoms with Gasteiger partial charge >= 0.3 is 0 Å². The average Bonchev–Trinajstić information content (AvgIpc) is 2.59. The predicted molar refractivity (Wildman–Crippen MR) is 89.2 cm³/mol. The number of anilines is 1. The highest BCUT2D eigenvalue weighted by Crippen LogP contribution is 2.37.